The molecule has 1 aliphatic rings. The first-order chi connectivity index (χ1) is 9.74. The Morgan fingerprint density at radius 2 is 2.10 bits per heavy atom. The number of carbonyl (C=O) groups is 2. The van der Waals surface area contributed by atoms with Crippen LogP contribution in [0.2, 0.25) is 0 Å². The maximum atomic E-state index is 13.2. The van der Waals surface area contributed by atoms with Gasteiger partial charge in [0.2, 0.25) is 5.91 Å². The number of hydrogen-bond acceptors (Lipinski definition) is 4. The van der Waals surface area contributed by atoms with E-state index >= 15 is 0 Å². The highest BCUT2D eigenvalue weighted by molar-refractivity contribution is 6.00. The van der Waals surface area contributed by atoms with Crippen LogP contribution in [0.4, 0.5) is 20.6 Å². The lowest BCUT2D eigenvalue weighted by Crippen LogP contribution is -2.48. The summed E-state index contributed by atoms with van der Waals surface area (Å²) < 4.78 is 18.3. The summed E-state index contributed by atoms with van der Waals surface area (Å²) in [7, 11) is 0. The molecule has 0 radical (unpaired) electrons. The van der Waals surface area contributed by atoms with E-state index in [9.17, 15) is 14.0 Å². The van der Waals surface area contributed by atoms with Gasteiger partial charge in [-0.25, -0.2) is 9.18 Å². The van der Waals surface area contributed by atoms with E-state index in [0.29, 0.717) is 11.4 Å². The van der Waals surface area contributed by atoms with Gasteiger partial charge >= 0.3 is 6.09 Å². The highest BCUT2D eigenvalue weighted by Gasteiger charge is 2.27. The van der Waals surface area contributed by atoms with Crippen LogP contribution in [0.1, 0.15) is 20.8 Å². The third kappa shape index (κ3) is 4.08. The normalized spacial score (nSPS) is 17.9. The summed E-state index contributed by atoms with van der Waals surface area (Å²) in [6.45, 7) is 5.38. The van der Waals surface area contributed by atoms with Crippen molar-refractivity contribution in [3.8, 4) is 0 Å². The Hall–Kier alpha value is -2.31. The number of fused-ring (bicyclic) bond motifs is 1. The minimum atomic E-state index is -0.810. The Morgan fingerprint density at radius 3 is 2.76 bits per heavy atom. The Bertz CT molecular complexity index is 569. The SMILES string of the molecule is CC(C)(C)OC(=O)NC1CNc2ccc(F)cc2NC1=O. The van der Waals surface area contributed by atoms with Crippen molar-refractivity contribution in [3.05, 3.63) is 24.0 Å². The van der Waals surface area contributed by atoms with Crippen LogP contribution in [0, 0.1) is 5.82 Å². The molecule has 0 bridgehead atoms. The van der Waals surface area contributed by atoms with Crippen LogP contribution in [0.25, 0.3) is 0 Å². The van der Waals surface area contributed by atoms with E-state index in [4.69, 9.17) is 4.74 Å². The predicted octanol–water partition coefficient (Wildman–Crippen LogP) is 2.08. The molecule has 21 heavy (non-hydrogen) atoms. The van der Waals surface area contributed by atoms with Gasteiger partial charge in [-0.3, -0.25) is 4.79 Å². The van der Waals surface area contributed by atoms with Gasteiger partial charge in [0.25, 0.3) is 0 Å². The summed E-state index contributed by atoms with van der Waals surface area (Å²) in [4.78, 5) is 23.8. The zero-order valence-corrected chi connectivity index (χ0v) is 12.1. The molecule has 0 fully saturated rings. The monoisotopic (exact) mass is 295 g/mol. The van der Waals surface area contributed by atoms with Gasteiger partial charge in [-0.15, -0.1) is 0 Å². The van der Waals surface area contributed by atoms with E-state index < -0.39 is 29.5 Å². The molecule has 1 unspecified atom stereocenters. The molecule has 0 spiro atoms. The number of hydrogen-bond donors (Lipinski definition) is 3. The molecule has 1 aromatic carbocycles. The van der Waals surface area contributed by atoms with E-state index in [1.807, 2.05) is 0 Å². The zero-order valence-electron chi connectivity index (χ0n) is 12.1. The first-order valence-corrected chi connectivity index (χ1v) is 6.58. The lowest BCUT2D eigenvalue weighted by molar-refractivity contribution is -0.117. The molecule has 0 saturated carbocycles. The number of halogens is 1. The van der Waals surface area contributed by atoms with Crippen molar-refractivity contribution < 1.29 is 18.7 Å². The number of anilines is 2. The molecule has 6 nitrogen and oxygen atoms in total. The molecule has 3 N–H and O–H groups in total. The van der Waals surface area contributed by atoms with Gasteiger partial charge < -0.3 is 20.7 Å². The first-order valence-electron chi connectivity index (χ1n) is 6.58. The Kier molecular flexibility index (Phi) is 4.02. The van der Waals surface area contributed by atoms with Gasteiger partial charge in [0.15, 0.2) is 0 Å². The fourth-order valence-corrected chi connectivity index (χ4v) is 1.86. The quantitative estimate of drug-likeness (QED) is 0.741. The number of amides is 2. The minimum absolute atomic E-state index is 0.184. The molecule has 1 atom stereocenters. The lowest BCUT2D eigenvalue weighted by Gasteiger charge is -2.22. The molecule has 1 aliphatic heterocycles. The minimum Gasteiger partial charge on any atom is -0.444 e. The van der Waals surface area contributed by atoms with E-state index in [1.165, 1.54) is 18.2 Å². The number of ether oxygens (including phenoxy) is 1. The van der Waals surface area contributed by atoms with Crippen LogP contribution in [-0.2, 0) is 9.53 Å². The molecular weight excluding hydrogens is 277 g/mol. The topological polar surface area (TPSA) is 79.5 Å². The highest BCUT2D eigenvalue weighted by atomic mass is 19.1. The summed E-state index contributed by atoms with van der Waals surface area (Å²) in [5, 5.41) is 8.04. The van der Waals surface area contributed by atoms with Crippen molar-refractivity contribution in [2.45, 2.75) is 32.4 Å². The van der Waals surface area contributed by atoms with Crippen LogP contribution in [-0.4, -0.2) is 30.2 Å². The predicted molar refractivity (Wildman–Crippen MR) is 76.7 cm³/mol. The van der Waals surface area contributed by atoms with Gasteiger partial charge in [-0.1, -0.05) is 0 Å². The second-order valence-corrected chi connectivity index (χ2v) is 5.76. The molecule has 1 aromatic rings. The van der Waals surface area contributed by atoms with Crippen LogP contribution in [0.3, 0.4) is 0 Å². The molecule has 114 valence electrons. The van der Waals surface area contributed by atoms with Gasteiger partial charge in [0.1, 0.15) is 17.5 Å². The second kappa shape index (κ2) is 5.59. The number of nitrogens with one attached hydrogen (secondary N) is 3. The van der Waals surface area contributed by atoms with E-state index in [0.717, 1.165) is 0 Å². The summed E-state index contributed by atoms with van der Waals surface area (Å²) in [6.07, 6.45) is -0.679. The molecule has 7 heteroatoms. The van der Waals surface area contributed by atoms with Crippen LogP contribution in [0.15, 0.2) is 18.2 Å². The molecule has 0 aromatic heterocycles. The van der Waals surface area contributed by atoms with Crippen molar-refractivity contribution in [2.24, 2.45) is 0 Å². The van der Waals surface area contributed by atoms with Crippen molar-refractivity contribution in [3.63, 3.8) is 0 Å². The van der Waals surface area contributed by atoms with E-state index in [1.54, 1.807) is 20.8 Å². The standard InChI is InChI=1S/C14H18FN3O3/c1-14(2,3)21-13(20)18-11-7-16-9-5-4-8(15)6-10(9)17-12(11)19/h4-6,11,16H,7H2,1-3H3,(H,17,19)(H,18,20). The summed E-state index contributed by atoms with van der Waals surface area (Å²) in [5.74, 6) is -0.882. The fraction of sp³-hybridized carbons (Fsp3) is 0.429. The van der Waals surface area contributed by atoms with Gasteiger partial charge in [0, 0.05) is 6.54 Å². The van der Waals surface area contributed by atoms with Crippen molar-refractivity contribution in [1.82, 2.24) is 5.32 Å². The van der Waals surface area contributed by atoms with Crippen LogP contribution >= 0.6 is 0 Å². The van der Waals surface area contributed by atoms with E-state index in [2.05, 4.69) is 16.0 Å². The maximum absolute atomic E-state index is 13.2. The van der Waals surface area contributed by atoms with Crippen molar-refractivity contribution in [2.75, 3.05) is 17.2 Å². The van der Waals surface area contributed by atoms with Crippen LogP contribution < -0.4 is 16.0 Å². The van der Waals surface area contributed by atoms with E-state index in [-0.39, 0.29) is 6.54 Å². The summed E-state index contributed by atoms with van der Waals surface area (Å²) in [6, 6.07) is 3.23. The summed E-state index contributed by atoms with van der Waals surface area (Å²) >= 11 is 0. The number of carbonyl (C=O) groups excluding carboxylic acids is 2. The third-order valence-electron chi connectivity index (χ3n) is 2.74. The van der Waals surface area contributed by atoms with Gasteiger partial charge in [-0.05, 0) is 39.0 Å². The van der Waals surface area contributed by atoms with Crippen molar-refractivity contribution >= 4 is 23.4 Å². The molecule has 2 amide bonds. The Balaban J connectivity index is 2.05. The number of benzene rings is 1. The average molecular weight is 295 g/mol. The number of alkyl carbamates (subject to hydrolysis) is 1. The van der Waals surface area contributed by atoms with Gasteiger partial charge in [0.05, 0.1) is 11.4 Å². The molecule has 0 saturated heterocycles. The van der Waals surface area contributed by atoms with Crippen molar-refractivity contribution in [1.29, 1.82) is 0 Å². The summed E-state index contributed by atoms with van der Waals surface area (Å²) in [5.41, 5.74) is 0.289. The molecular formula is C14H18FN3O3. The molecule has 1 heterocycles. The smallest absolute Gasteiger partial charge is 0.408 e. The van der Waals surface area contributed by atoms with Gasteiger partial charge in [-0.2, -0.15) is 0 Å². The Morgan fingerprint density at radius 1 is 1.38 bits per heavy atom. The lowest BCUT2D eigenvalue weighted by atomic mass is 10.2. The Labute approximate surface area is 122 Å². The van der Waals surface area contributed by atoms with Crippen LogP contribution in [0.5, 0.6) is 0 Å². The number of rotatable bonds is 1. The largest absolute Gasteiger partial charge is 0.444 e. The molecule has 2 rings (SSSR count). The second-order valence-electron chi connectivity index (χ2n) is 5.76. The third-order valence-corrected chi connectivity index (χ3v) is 2.74. The first kappa shape index (κ1) is 15.1. The highest BCUT2D eigenvalue weighted by Crippen LogP contribution is 2.24. The zero-order chi connectivity index (χ0) is 15.6. The fourth-order valence-electron chi connectivity index (χ4n) is 1.86. The molecule has 0 aliphatic carbocycles. The average Bonchev–Trinajstić information content (AvgIpc) is 2.47. The maximum Gasteiger partial charge on any atom is 0.408 e.